The number of rotatable bonds is 4. The van der Waals surface area contributed by atoms with E-state index in [1.54, 1.807) is 29.9 Å². The fraction of sp³-hybridized carbons (Fsp3) is 0.400. The summed E-state index contributed by atoms with van der Waals surface area (Å²) in [5, 5.41) is 7.37. The molecule has 0 fully saturated rings. The summed E-state index contributed by atoms with van der Waals surface area (Å²) in [7, 11) is 1.83. The highest BCUT2D eigenvalue weighted by atomic mass is 19.2. The summed E-state index contributed by atoms with van der Waals surface area (Å²) in [6.07, 6.45) is 1.69. The van der Waals surface area contributed by atoms with Crippen LogP contribution < -0.4 is 5.32 Å². The van der Waals surface area contributed by atoms with Gasteiger partial charge in [0, 0.05) is 23.9 Å². The number of nitrogens with zero attached hydrogens (tertiary/aromatic N) is 2. The van der Waals surface area contributed by atoms with Crippen LogP contribution in [0.4, 0.5) is 8.78 Å². The van der Waals surface area contributed by atoms with Gasteiger partial charge in [-0.3, -0.25) is 4.68 Å². The minimum Gasteiger partial charge on any atom is -0.306 e. The predicted molar refractivity (Wildman–Crippen MR) is 74.6 cm³/mol. The maximum atomic E-state index is 14.2. The van der Waals surface area contributed by atoms with Gasteiger partial charge in [-0.2, -0.15) is 5.10 Å². The Kier molecular flexibility index (Phi) is 4.18. The van der Waals surface area contributed by atoms with E-state index >= 15 is 0 Å². The van der Waals surface area contributed by atoms with Crippen LogP contribution in [0.15, 0.2) is 18.3 Å². The van der Waals surface area contributed by atoms with E-state index in [-0.39, 0.29) is 0 Å². The van der Waals surface area contributed by atoms with Crippen molar-refractivity contribution in [3.63, 3.8) is 0 Å². The van der Waals surface area contributed by atoms with Crippen LogP contribution >= 0.6 is 0 Å². The third kappa shape index (κ3) is 2.45. The molecule has 1 atom stereocenters. The molecule has 0 aliphatic carbocycles. The molecular formula is C15H19F2N3. The van der Waals surface area contributed by atoms with Crippen molar-refractivity contribution in [3.05, 3.63) is 52.3 Å². The first kappa shape index (κ1) is 14.7. The highest BCUT2D eigenvalue weighted by molar-refractivity contribution is 5.36. The van der Waals surface area contributed by atoms with Crippen LogP contribution in [0.1, 0.15) is 35.3 Å². The van der Waals surface area contributed by atoms with E-state index in [2.05, 4.69) is 10.4 Å². The SMILES string of the molecule is CCNC(c1ccc(C)c(F)c1F)c1cnn(C)c1C. The van der Waals surface area contributed by atoms with Gasteiger partial charge in [-0.05, 0) is 26.0 Å². The Morgan fingerprint density at radius 3 is 2.45 bits per heavy atom. The van der Waals surface area contributed by atoms with Gasteiger partial charge < -0.3 is 5.32 Å². The van der Waals surface area contributed by atoms with Crippen LogP contribution in [0, 0.1) is 25.5 Å². The molecule has 5 heteroatoms. The van der Waals surface area contributed by atoms with Gasteiger partial charge in [-0.15, -0.1) is 0 Å². The lowest BCUT2D eigenvalue weighted by atomic mass is 9.97. The second-order valence-corrected chi connectivity index (χ2v) is 4.90. The second-order valence-electron chi connectivity index (χ2n) is 4.90. The topological polar surface area (TPSA) is 29.9 Å². The van der Waals surface area contributed by atoms with Crippen molar-refractivity contribution in [3.8, 4) is 0 Å². The van der Waals surface area contributed by atoms with Crippen molar-refractivity contribution in [1.29, 1.82) is 0 Å². The van der Waals surface area contributed by atoms with E-state index < -0.39 is 17.7 Å². The third-order valence-corrected chi connectivity index (χ3v) is 3.61. The van der Waals surface area contributed by atoms with Crippen LogP contribution in [-0.2, 0) is 7.05 Å². The van der Waals surface area contributed by atoms with Gasteiger partial charge in [0.25, 0.3) is 0 Å². The van der Waals surface area contributed by atoms with E-state index in [0.29, 0.717) is 17.7 Å². The van der Waals surface area contributed by atoms with Gasteiger partial charge in [-0.25, -0.2) is 8.78 Å². The lowest BCUT2D eigenvalue weighted by molar-refractivity contribution is 0.478. The minimum absolute atomic E-state index is 0.310. The Balaban J connectivity index is 2.54. The zero-order valence-electron chi connectivity index (χ0n) is 12.2. The number of hydrogen-bond donors (Lipinski definition) is 1. The van der Waals surface area contributed by atoms with Gasteiger partial charge in [0.2, 0.25) is 0 Å². The van der Waals surface area contributed by atoms with Crippen molar-refractivity contribution >= 4 is 0 Å². The summed E-state index contributed by atoms with van der Waals surface area (Å²) < 4.78 is 29.7. The lowest BCUT2D eigenvalue weighted by Crippen LogP contribution is -2.24. The Morgan fingerprint density at radius 2 is 1.90 bits per heavy atom. The van der Waals surface area contributed by atoms with E-state index in [4.69, 9.17) is 0 Å². The Labute approximate surface area is 117 Å². The number of benzene rings is 1. The van der Waals surface area contributed by atoms with Gasteiger partial charge in [0.05, 0.1) is 12.2 Å². The molecule has 0 spiro atoms. The first-order valence-electron chi connectivity index (χ1n) is 6.63. The van der Waals surface area contributed by atoms with Crippen LogP contribution in [0.5, 0.6) is 0 Å². The molecule has 1 heterocycles. The molecule has 1 N–H and O–H groups in total. The van der Waals surface area contributed by atoms with Crippen LogP contribution in [0.3, 0.4) is 0 Å². The summed E-state index contributed by atoms with van der Waals surface area (Å²) in [6, 6.07) is 2.83. The molecule has 1 aromatic heterocycles. The van der Waals surface area contributed by atoms with Crippen molar-refractivity contribution in [1.82, 2.24) is 15.1 Å². The molecular weight excluding hydrogens is 260 g/mol. The van der Waals surface area contributed by atoms with E-state index in [9.17, 15) is 8.78 Å². The zero-order valence-corrected chi connectivity index (χ0v) is 12.2. The standard InChI is InChI=1S/C15H19F2N3/c1-5-18-15(12-8-19-20(4)10(12)3)11-7-6-9(2)13(16)14(11)17/h6-8,15,18H,5H2,1-4H3. The molecule has 0 saturated heterocycles. The number of aryl methyl sites for hydroxylation is 2. The van der Waals surface area contributed by atoms with Crippen molar-refractivity contribution in [2.45, 2.75) is 26.8 Å². The maximum Gasteiger partial charge on any atom is 0.164 e. The molecule has 2 aromatic rings. The van der Waals surface area contributed by atoms with Gasteiger partial charge in [0.15, 0.2) is 11.6 Å². The number of nitrogens with one attached hydrogen (secondary N) is 1. The van der Waals surface area contributed by atoms with E-state index in [1.807, 2.05) is 20.9 Å². The quantitative estimate of drug-likeness (QED) is 0.932. The summed E-state index contributed by atoms with van der Waals surface area (Å²) in [6.45, 7) is 6.05. The summed E-state index contributed by atoms with van der Waals surface area (Å²) in [4.78, 5) is 0. The van der Waals surface area contributed by atoms with Crippen LogP contribution in [-0.4, -0.2) is 16.3 Å². The fourth-order valence-electron chi connectivity index (χ4n) is 2.27. The smallest absolute Gasteiger partial charge is 0.164 e. The molecule has 0 radical (unpaired) electrons. The van der Waals surface area contributed by atoms with Crippen molar-refractivity contribution in [2.24, 2.45) is 7.05 Å². The zero-order chi connectivity index (χ0) is 14.9. The lowest BCUT2D eigenvalue weighted by Gasteiger charge is -2.19. The Morgan fingerprint density at radius 1 is 1.20 bits per heavy atom. The van der Waals surface area contributed by atoms with Crippen LogP contribution in [0.2, 0.25) is 0 Å². The third-order valence-electron chi connectivity index (χ3n) is 3.61. The molecule has 0 bridgehead atoms. The average molecular weight is 279 g/mol. The molecule has 20 heavy (non-hydrogen) atoms. The monoisotopic (exact) mass is 279 g/mol. The molecule has 2 rings (SSSR count). The predicted octanol–water partition coefficient (Wildman–Crippen LogP) is 3.01. The second kappa shape index (κ2) is 5.71. The first-order chi connectivity index (χ1) is 9.47. The summed E-state index contributed by atoms with van der Waals surface area (Å²) >= 11 is 0. The fourth-order valence-corrected chi connectivity index (χ4v) is 2.27. The van der Waals surface area contributed by atoms with Crippen LogP contribution in [0.25, 0.3) is 0 Å². The number of hydrogen-bond acceptors (Lipinski definition) is 2. The molecule has 0 saturated carbocycles. The average Bonchev–Trinajstić information content (AvgIpc) is 2.75. The Bertz CT molecular complexity index is 620. The minimum atomic E-state index is -0.792. The number of halogens is 2. The van der Waals surface area contributed by atoms with Gasteiger partial charge in [0.1, 0.15) is 0 Å². The molecule has 0 aliphatic rings. The highest BCUT2D eigenvalue weighted by Gasteiger charge is 2.23. The molecule has 3 nitrogen and oxygen atoms in total. The van der Waals surface area contributed by atoms with Gasteiger partial charge >= 0.3 is 0 Å². The summed E-state index contributed by atoms with van der Waals surface area (Å²) in [5.41, 5.74) is 2.41. The summed E-state index contributed by atoms with van der Waals surface area (Å²) in [5.74, 6) is -1.58. The molecule has 0 amide bonds. The molecule has 1 unspecified atom stereocenters. The van der Waals surface area contributed by atoms with E-state index in [0.717, 1.165) is 11.3 Å². The van der Waals surface area contributed by atoms with E-state index in [1.165, 1.54) is 0 Å². The molecule has 0 aliphatic heterocycles. The van der Waals surface area contributed by atoms with Gasteiger partial charge in [-0.1, -0.05) is 19.1 Å². The molecule has 108 valence electrons. The maximum absolute atomic E-state index is 14.2. The largest absolute Gasteiger partial charge is 0.306 e. The Hall–Kier alpha value is -1.75. The van der Waals surface area contributed by atoms with Crippen molar-refractivity contribution < 1.29 is 8.78 Å². The normalized spacial score (nSPS) is 12.7. The molecule has 1 aromatic carbocycles. The van der Waals surface area contributed by atoms with Crippen molar-refractivity contribution in [2.75, 3.05) is 6.54 Å². The first-order valence-corrected chi connectivity index (χ1v) is 6.63. The highest BCUT2D eigenvalue weighted by Crippen LogP contribution is 2.28. The number of aromatic nitrogens is 2.